The third-order valence-electron chi connectivity index (χ3n) is 2.22. The highest BCUT2D eigenvalue weighted by Crippen LogP contribution is 2.15. The second-order valence-corrected chi connectivity index (χ2v) is 3.90. The van der Waals surface area contributed by atoms with Crippen LogP contribution < -0.4 is 5.32 Å². The van der Waals surface area contributed by atoms with Gasteiger partial charge in [0.25, 0.3) is 0 Å². The van der Waals surface area contributed by atoms with E-state index in [0.29, 0.717) is 29.0 Å². The molecule has 0 fully saturated rings. The molecule has 3 heterocycles. The van der Waals surface area contributed by atoms with E-state index in [0.717, 1.165) is 0 Å². The van der Waals surface area contributed by atoms with Gasteiger partial charge in [-0.25, -0.2) is 9.97 Å². The van der Waals surface area contributed by atoms with Crippen LogP contribution in [-0.2, 0) is 0 Å². The van der Waals surface area contributed by atoms with Gasteiger partial charge >= 0.3 is 0 Å². The van der Waals surface area contributed by atoms with Crippen LogP contribution in [0.25, 0.3) is 16.9 Å². The topological polar surface area (TPSA) is 114 Å². The highest BCUT2D eigenvalue weighted by molar-refractivity contribution is 5.81. The third kappa shape index (κ3) is 2.67. The van der Waals surface area contributed by atoms with E-state index in [9.17, 15) is 4.79 Å². The van der Waals surface area contributed by atoms with Gasteiger partial charge in [-0.2, -0.15) is 10.2 Å². The quantitative estimate of drug-likeness (QED) is 0.626. The van der Waals surface area contributed by atoms with E-state index in [1.807, 2.05) is 14.1 Å². The summed E-state index contributed by atoms with van der Waals surface area (Å²) >= 11 is 0. The summed E-state index contributed by atoms with van der Waals surface area (Å²) in [7, 11) is 3.75. The van der Waals surface area contributed by atoms with E-state index in [2.05, 4.69) is 35.7 Å². The van der Waals surface area contributed by atoms with E-state index in [-0.39, 0.29) is 5.69 Å². The number of H-pyrrole nitrogens is 1. The lowest BCUT2D eigenvalue weighted by molar-refractivity contribution is 0.111. The lowest BCUT2D eigenvalue weighted by Gasteiger charge is -2.00. The Morgan fingerprint density at radius 1 is 1.30 bits per heavy atom. The molecule has 0 bridgehead atoms. The molecule has 9 nitrogen and oxygen atoms in total. The zero-order valence-corrected chi connectivity index (χ0v) is 11.3. The van der Waals surface area contributed by atoms with Gasteiger partial charge in [0.15, 0.2) is 17.8 Å². The Labute approximate surface area is 114 Å². The van der Waals surface area contributed by atoms with Crippen LogP contribution in [0.2, 0.25) is 0 Å². The minimum absolute atomic E-state index is 0.248. The van der Waals surface area contributed by atoms with Crippen molar-refractivity contribution in [3.8, 4) is 5.82 Å². The fraction of sp³-hybridized carbons (Fsp3) is 0.273. The number of hydrogen-bond acceptors (Lipinski definition) is 7. The molecule has 2 N–H and O–H groups in total. The van der Waals surface area contributed by atoms with Crippen LogP contribution in [0.5, 0.6) is 0 Å². The Hall–Kier alpha value is -2.68. The van der Waals surface area contributed by atoms with E-state index < -0.39 is 0 Å². The number of fused-ring (bicyclic) bond motifs is 1. The second kappa shape index (κ2) is 5.97. The van der Waals surface area contributed by atoms with Gasteiger partial charge < -0.3 is 5.32 Å². The van der Waals surface area contributed by atoms with Crippen LogP contribution in [0.4, 0.5) is 0 Å². The molecular weight excluding hydrogens is 260 g/mol. The number of aryl methyl sites for hydroxylation is 1. The molecule has 20 heavy (non-hydrogen) atoms. The third-order valence-corrected chi connectivity index (χ3v) is 2.22. The summed E-state index contributed by atoms with van der Waals surface area (Å²) in [5.41, 5.74) is 0.857. The van der Waals surface area contributed by atoms with E-state index in [1.54, 1.807) is 13.1 Å². The molecule has 3 aromatic rings. The molecule has 0 aliphatic rings. The normalized spacial score (nSPS) is 10.2. The zero-order valence-electron chi connectivity index (χ0n) is 11.3. The average Bonchev–Trinajstić information content (AvgIpc) is 3.07. The van der Waals surface area contributed by atoms with Gasteiger partial charge in [-0.1, -0.05) is 0 Å². The van der Waals surface area contributed by atoms with Crippen molar-refractivity contribution in [3.63, 3.8) is 0 Å². The van der Waals surface area contributed by atoms with Crippen molar-refractivity contribution in [3.05, 3.63) is 23.9 Å². The molecule has 0 radical (unpaired) electrons. The Bertz CT molecular complexity index is 716. The standard InChI is InChI=1S/C9H7N7O.C2H7N/c1-5-12-8-7(3-10-14-8)9(13-5)16-11-2-6(4-17)15-16;1-3-2/h2-4H,1H3,(H,10,12,13,14);3H,1-2H3. The van der Waals surface area contributed by atoms with Crippen molar-refractivity contribution in [1.29, 1.82) is 0 Å². The average molecular weight is 274 g/mol. The van der Waals surface area contributed by atoms with Crippen LogP contribution in [0.1, 0.15) is 16.3 Å². The first-order valence-electron chi connectivity index (χ1n) is 5.83. The van der Waals surface area contributed by atoms with Crippen LogP contribution in [0, 0.1) is 6.92 Å². The van der Waals surface area contributed by atoms with Crippen molar-refractivity contribution >= 4 is 17.3 Å². The van der Waals surface area contributed by atoms with Gasteiger partial charge in [0.2, 0.25) is 0 Å². The summed E-state index contributed by atoms with van der Waals surface area (Å²) in [5.74, 6) is 1.07. The number of carbonyl (C=O) groups excluding carboxylic acids is 1. The van der Waals surface area contributed by atoms with E-state index >= 15 is 0 Å². The Morgan fingerprint density at radius 2 is 2.05 bits per heavy atom. The molecule has 0 aliphatic carbocycles. The first-order chi connectivity index (χ1) is 9.69. The Morgan fingerprint density at radius 3 is 2.70 bits per heavy atom. The highest BCUT2D eigenvalue weighted by Gasteiger charge is 2.11. The number of aromatic nitrogens is 7. The van der Waals surface area contributed by atoms with Crippen molar-refractivity contribution in [1.82, 2.24) is 40.5 Å². The fourth-order valence-corrected chi connectivity index (χ4v) is 1.51. The number of nitrogens with one attached hydrogen (secondary N) is 2. The van der Waals surface area contributed by atoms with Gasteiger partial charge in [-0.05, 0) is 21.0 Å². The summed E-state index contributed by atoms with van der Waals surface area (Å²) in [6.45, 7) is 1.76. The molecule has 0 amide bonds. The SMILES string of the molecule is CNC.Cc1nc(-n2ncc(C=O)n2)c2cn[nH]c2n1. The van der Waals surface area contributed by atoms with Gasteiger partial charge in [0.05, 0.1) is 17.8 Å². The minimum Gasteiger partial charge on any atom is -0.323 e. The molecular formula is C11H14N8O. The second-order valence-electron chi connectivity index (χ2n) is 3.90. The molecule has 0 saturated carbocycles. The van der Waals surface area contributed by atoms with Crippen LogP contribution in [0.15, 0.2) is 12.4 Å². The zero-order chi connectivity index (χ0) is 14.5. The molecule has 9 heteroatoms. The monoisotopic (exact) mass is 274 g/mol. The van der Waals surface area contributed by atoms with Crippen molar-refractivity contribution in [2.24, 2.45) is 0 Å². The maximum Gasteiger partial charge on any atom is 0.188 e. The Balaban J connectivity index is 0.000000452. The smallest absolute Gasteiger partial charge is 0.188 e. The lowest BCUT2D eigenvalue weighted by atomic mass is 10.4. The molecule has 0 saturated heterocycles. The molecule has 0 aromatic carbocycles. The number of carbonyl (C=O) groups is 1. The molecule has 0 spiro atoms. The van der Waals surface area contributed by atoms with Gasteiger partial charge in [0, 0.05) is 0 Å². The highest BCUT2D eigenvalue weighted by atomic mass is 16.1. The molecule has 3 rings (SSSR count). The molecule has 3 aromatic heterocycles. The number of rotatable bonds is 2. The lowest BCUT2D eigenvalue weighted by Crippen LogP contribution is -2.05. The molecule has 0 unspecified atom stereocenters. The number of hydrogen-bond donors (Lipinski definition) is 2. The minimum atomic E-state index is 0.248. The van der Waals surface area contributed by atoms with Crippen molar-refractivity contribution in [2.75, 3.05) is 14.1 Å². The molecule has 0 aliphatic heterocycles. The number of aromatic amines is 1. The van der Waals surface area contributed by atoms with Gasteiger partial charge in [-0.15, -0.1) is 9.90 Å². The van der Waals surface area contributed by atoms with Gasteiger partial charge in [0.1, 0.15) is 11.5 Å². The van der Waals surface area contributed by atoms with Crippen LogP contribution in [-0.4, -0.2) is 55.5 Å². The van der Waals surface area contributed by atoms with Crippen molar-refractivity contribution < 1.29 is 4.79 Å². The largest absolute Gasteiger partial charge is 0.323 e. The van der Waals surface area contributed by atoms with Gasteiger partial charge in [-0.3, -0.25) is 9.89 Å². The maximum atomic E-state index is 10.6. The summed E-state index contributed by atoms with van der Waals surface area (Å²) in [6.07, 6.45) is 3.59. The molecule has 104 valence electrons. The predicted octanol–water partition coefficient (Wildman–Crippen LogP) is -0.110. The molecule has 0 atom stereocenters. The first kappa shape index (κ1) is 13.7. The predicted molar refractivity (Wildman–Crippen MR) is 71.7 cm³/mol. The van der Waals surface area contributed by atoms with E-state index in [1.165, 1.54) is 11.0 Å². The summed E-state index contributed by atoms with van der Waals surface area (Å²) in [5, 5.41) is 18.0. The van der Waals surface area contributed by atoms with Crippen molar-refractivity contribution in [2.45, 2.75) is 6.92 Å². The Kier molecular flexibility index (Phi) is 4.11. The van der Waals surface area contributed by atoms with Crippen LogP contribution >= 0.6 is 0 Å². The maximum absolute atomic E-state index is 10.6. The first-order valence-corrected chi connectivity index (χ1v) is 5.83. The summed E-state index contributed by atoms with van der Waals surface area (Å²) in [6, 6.07) is 0. The summed E-state index contributed by atoms with van der Waals surface area (Å²) in [4.78, 5) is 20.3. The number of aldehydes is 1. The summed E-state index contributed by atoms with van der Waals surface area (Å²) < 4.78 is 0. The van der Waals surface area contributed by atoms with E-state index in [4.69, 9.17) is 0 Å². The number of nitrogens with zero attached hydrogens (tertiary/aromatic N) is 6. The van der Waals surface area contributed by atoms with Crippen LogP contribution in [0.3, 0.4) is 0 Å². The fourth-order valence-electron chi connectivity index (χ4n) is 1.51.